The van der Waals surface area contributed by atoms with Crippen molar-refractivity contribution in [1.29, 1.82) is 0 Å². The Labute approximate surface area is 223 Å². The van der Waals surface area contributed by atoms with Gasteiger partial charge in [0.15, 0.2) is 0 Å². The zero-order valence-electron chi connectivity index (χ0n) is 21.2. The fraction of sp³-hybridized carbons (Fsp3) is 0.310. The Morgan fingerprint density at radius 3 is 2.59 bits per heavy atom. The van der Waals surface area contributed by atoms with E-state index in [-0.39, 0.29) is 17.0 Å². The zero-order valence-corrected chi connectivity index (χ0v) is 22.7. The number of hydrogen-bond donors (Lipinski definition) is 1. The summed E-state index contributed by atoms with van der Waals surface area (Å²) >= 11 is 3.47. The summed E-state index contributed by atoms with van der Waals surface area (Å²) in [5.74, 6) is -0.0382. The van der Waals surface area contributed by atoms with Crippen molar-refractivity contribution in [2.45, 2.75) is 58.8 Å². The van der Waals surface area contributed by atoms with E-state index >= 15 is 0 Å². The number of nitrogens with zero attached hydrogens (tertiary/aromatic N) is 4. The summed E-state index contributed by atoms with van der Waals surface area (Å²) in [5.41, 5.74) is 5.01. The Bertz CT molecular complexity index is 1610. The lowest BCUT2D eigenvalue weighted by Crippen LogP contribution is -2.25. The van der Waals surface area contributed by atoms with E-state index in [2.05, 4.69) is 15.9 Å². The highest BCUT2D eigenvalue weighted by Gasteiger charge is 2.23. The lowest BCUT2D eigenvalue weighted by molar-refractivity contribution is 0.0696. The molecule has 8 heteroatoms. The minimum absolute atomic E-state index is 0.179. The highest BCUT2D eigenvalue weighted by Crippen LogP contribution is 2.32. The van der Waals surface area contributed by atoms with Gasteiger partial charge in [-0.25, -0.2) is 9.78 Å². The minimum atomic E-state index is -0.950. The summed E-state index contributed by atoms with van der Waals surface area (Å²) in [4.78, 5) is 30.2. The molecule has 0 aliphatic heterocycles. The number of aromatic carboxylic acids is 1. The summed E-state index contributed by atoms with van der Waals surface area (Å²) in [6.45, 7) is 5.77. The number of rotatable bonds is 5. The normalized spacial score (nSPS) is 14.6. The molecular formula is C29H29BrN4O3. The van der Waals surface area contributed by atoms with Gasteiger partial charge in [0.1, 0.15) is 5.82 Å². The topological polar surface area (TPSA) is 89.5 Å². The molecule has 1 fully saturated rings. The monoisotopic (exact) mass is 560 g/mol. The number of carboxylic acid groups (broad SMARTS) is 1. The highest BCUT2D eigenvalue weighted by molar-refractivity contribution is 9.10. The van der Waals surface area contributed by atoms with Crippen molar-refractivity contribution in [3.8, 4) is 5.69 Å². The Balaban J connectivity index is 1.62. The van der Waals surface area contributed by atoms with Crippen LogP contribution in [0, 0.1) is 20.8 Å². The summed E-state index contributed by atoms with van der Waals surface area (Å²) in [5, 5.41) is 14.8. The predicted molar refractivity (Wildman–Crippen MR) is 149 cm³/mol. The molecule has 2 aromatic heterocycles. The van der Waals surface area contributed by atoms with Gasteiger partial charge in [-0.15, -0.1) is 0 Å². The van der Waals surface area contributed by atoms with Crippen LogP contribution in [0.15, 0.2) is 56.8 Å². The van der Waals surface area contributed by atoms with E-state index in [0.29, 0.717) is 16.5 Å². The van der Waals surface area contributed by atoms with E-state index in [9.17, 15) is 14.7 Å². The number of aryl methyl sites for hydroxylation is 1. The van der Waals surface area contributed by atoms with Gasteiger partial charge >= 0.3 is 5.97 Å². The molecule has 190 valence electrons. The smallest absolute Gasteiger partial charge is 0.336 e. The first-order chi connectivity index (χ1) is 17.8. The number of benzene rings is 2. The summed E-state index contributed by atoms with van der Waals surface area (Å²) in [6, 6.07) is 12.9. The number of aromatic nitrogens is 3. The van der Waals surface area contributed by atoms with Crippen molar-refractivity contribution in [3.63, 3.8) is 0 Å². The lowest BCUT2D eigenvalue weighted by Gasteiger charge is -2.22. The number of halogens is 1. The van der Waals surface area contributed by atoms with Crippen molar-refractivity contribution >= 4 is 39.0 Å². The summed E-state index contributed by atoms with van der Waals surface area (Å²) < 4.78 is 4.33. The molecule has 0 radical (unpaired) electrons. The van der Waals surface area contributed by atoms with Crippen LogP contribution in [0.1, 0.15) is 76.7 Å². The van der Waals surface area contributed by atoms with E-state index in [1.54, 1.807) is 24.4 Å². The third-order valence-corrected chi connectivity index (χ3v) is 7.86. The van der Waals surface area contributed by atoms with Crippen LogP contribution in [0.3, 0.4) is 0 Å². The number of hydrogen-bond acceptors (Lipinski definition) is 4. The maximum absolute atomic E-state index is 13.6. The van der Waals surface area contributed by atoms with Gasteiger partial charge in [-0.2, -0.15) is 9.78 Å². The minimum Gasteiger partial charge on any atom is -0.478 e. The van der Waals surface area contributed by atoms with E-state index in [1.165, 1.54) is 11.1 Å². The van der Waals surface area contributed by atoms with Crippen LogP contribution in [0.5, 0.6) is 0 Å². The Morgan fingerprint density at radius 1 is 1.11 bits per heavy atom. The molecule has 0 spiro atoms. The van der Waals surface area contributed by atoms with Crippen LogP contribution in [0.2, 0.25) is 0 Å². The van der Waals surface area contributed by atoms with Gasteiger partial charge in [0.25, 0.3) is 5.56 Å². The van der Waals surface area contributed by atoms with Gasteiger partial charge in [-0.05, 0) is 75.6 Å². The molecule has 0 atom stereocenters. The summed E-state index contributed by atoms with van der Waals surface area (Å²) in [6.07, 6.45) is 7.17. The Kier molecular flexibility index (Phi) is 6.86. The van der Waals surface area contributed by atoms with Crippen molar-refractivity contribution in [1.82, 2.24) is 14.2 Å². The molecule has 7 nitrogen and oxygen atoms in total. The molecule has 0 saturated heterocycles. The molecule has 1 N–H and O–H groups in total. The van der Waals surface area contributed by atoms with E-state index in [1.807, 2.05) is 49.6 Å². The molecule has 2 heterocycles. The number of fused-ring (bicyclic) bond motifs is 1. The van der Waals surface area contributed by atoms with Crippen molar-refractivity contribution in [3.05, 3.63) is 91.2 Å². The molecule has 5 rings (SSSR count). The van der Waals surface area contributed by atoms with Crippen LogP contribution in [0.4, 0.5) is 0 Å². The average Bonchev–Trinajstić information content (AvgIpc) is 3.16. The SMILES string of the molecule is Cc1c(C(=O)O)cccc1-n1c(C)cc(C=Nn2c(C3CCCCC3)nc3ccc(Br)cc3c2=O)c1C. The number of carbonyl (C=O) groups is 1. The molecule has 1 aliphatic rings. The first-order valence-corrected chi connectivity index (χ1v) is 13.3. The quantitative estimate of drug-likeness (QED) is 0.282. The van der Waals surface area contributed by atoms with Crippen molar-refractivity contribution in [2.24, 2.45) is 5.10 Å². The van der Waals surface area contributed by atoms with Crippen LogP contribution < -0.4 is 5.56 Å². The third kappa shape index (κ3) is 4.66. The largest absolute Gasteiger partial charge is 0.478 e. The molecule has 0 unspecified atom stereocenters. The third-order valence-electron chi connectivity index (χ3n) is 7.36. The second-order valence-electron chi connectivity index (χ2n) is 9.74. The molecule has 4 aromatic rings. The van der Waals surface area contributed by atoms with Crippen LogP contribution in [-0.4, -0.2) is 31.5 Å². The molecule has 37 heavy (non-hydrogen) atoms. The van der Waals surface area contributed by atoms with Gasteiger partial charge in [0.05, 0.1) is 22.7 Å². The van der Waals surface area contributed by atoms with E-state index in [0.717, 1.165) is 58.6 Å². The molecule has 1 aliphatic carbocycles. The zero-order chi connectivity index (χ0) is 26.3. The van der Waals surface area contributed by atoms with Gasteiger partial charge in [-0.1, -0.05) is 41.3 Å². The molecule has 0 bridgehead atoms. The Morgan fingerprint density at radius 2 is 1.86 bits per heavy atom. The lowest BCUT2D eigenvalue weighted by atomic mass is 9.88. The van der Waals surface area contributed by atoms with E-state index < -0.39 is 5.97 Å². The maximum atomic E-state index is 13.6. The molecule has 1 saturated carbocycles. The maximum Gasteiger partial charge on any atom is 0.336 e. The van der Waals surface area contributed by atoms with Gasteiger partial charge in [0, 0.05) is 33.0 Å². The van der Waals surface area contributed by atoms with Crippen LogP contribution >= 0.6 is 15.9 Å². The second kappa shape index (κ2) is 10.1. The number of carboxylic acids is 1. The fourth-order valence-corrected chi connectivity index (χ4v) is 5.77. The van der Waals surface area contributed by atoms with E-state index in [4.69, 9.17) is 10.1 Å². The van der Waals surface area contributed by atoms with Crippen molar-refractivity contribution in [2.75, 3.05) is 0 Å². The standard InChI is InChI=1S/C29H29BrN4O3/c1-17-14-21(19(3)33(17)26-11-7-10-23(18(26)2)29(36)37)16-31-34-27(20-8-5-4-6-9-20)32-25-13-12-22(30)15-24(25)28(34)35/h7,10-16,20H,4-6,8-9H2,1-3H3,(H,36,37). The predicted octanol–water partition coefficient (Wildman–Crippen LogP) is 6.50. The van der Waals surface area contributed by atoms with Crippen molar-refractivity contribution < 1.29 is 9.90 Å². The van der Waals surface area contributed by atoms with Crippen LogP contribution in [0.25, 0.3) is 16.6 Å². The van der Waals surface area contributed by atoms with Gasteiger partial charge < -0.3 is 9.67 Å². The first-order valence-electron chi connectivity index (χ1n) is 12.5. The molecule has 2 aromatic carbocycles. The molecule has 0 amide bonds. The second-order valence-corrected chi connectivity index (χ2v) is 10.7. The summed E-state index contributed by atoms with van der Waals surface area (Å²) in [7, 11) is 0. The first kappa shape index (κ1) is 25.1. The average molecular weight is 561 g/mol. The van der Waals surface area contributed by atoms with Gasteiger partial charge in [-0.3, -0.25) is 4.79 Å². The Hall–Kier alpha value is -3.52. The highest BCUT2D eigenvalue weighted by atomic mass is 79.9. The van der Waals surface area contributed by atoms with Crippen LogP contribution in [-0.2, 0) is 0 Å². The molecular weight excluding hydrogens is 532 g/mol. The van der Waals surface area contributed by atoms with Gasteiger partial charge in [0.2, 0.25) is 0 Å². The fourth-order valence-electron chi connectivity index (χ4n) is 5.41.